The quantitative estimate of drug-likeness (QED) is 0.786. The molecule has 3 heterocycles. The second-order valence-corrected chi connectivity index (χ2v) is 6.94. The van der Waals surface area contributed by atoms with E-state index in [4.69, 9.17) is 0 Å². The van der Waals surface area contributed by atoms with E-state index < -0.39 is 0 Å². The van der Waals surface area contributed by atoms with Crippen molar-refractivity contribution in [2.24, 2.45) is 0 Å². The summed E-state index contributed by atoms with van der Waals surface area (Å²) in [5, 5.41) is 0. The summed E-state index contributed by atoms with van der Waals surface area (Å²) in [4.78, 5) is 5.97. The third-order valence-corrected chi connectivity index (χ3v) is 5.86. The van der Waals surface area contributed by atoms with E-state index in [1.165, 1.54) is 38.5 Å². The summed E-state index contributed by atoms with van der Waals surface area (Å²) < 4.78 is 0. The van der Waals surface area contributed by atoms with Gasteiger partial charge in [-0.1, -0.05) is 6.92 Å². The summed E-state index contributed by atoms with van der Waals surface area (Å²) in [5.74, 6) is 0. The molecule has 0 unspecified atom stereocenters. The van der Waals surface area contributed by atoms with Gasteiger partial charge in [0.1, 0.15) is 0 Å². The maximum absolute atomic E-state index is 2.82. The van der Waals surface area contributed by atoms with Crippen molar-refractivity contribution in [3.05, 3.63) is 21.9 Å². The van der Waals surface area contributed by atoms with Gasteiger partial charge in [0.2, 0.25) is 0 Å². The Kier molecular flexibility index (Phi) is 3.27. The molecule has 3 atom stereocenters. The Labute approximate surface area is 109 Å². The number of thiophene rings is 1. The molecule has 1 nitrogen and oxygen atoms in total. The van der Waals surface area contributed by atoms with Crippen molar-refractivity contribution in [1.82, 2.24) is 4.90 Å². The lowest BCUT2D eigenvalue weighted by Crippen LogP contribution is -2.37. The molecule has 17 heavy (non-hydrogen) atoms. The predicted molar refractivity (Wildman–Crippen MR) is 74.7 cm³/mol. The topological polar surface area (TPSA) is 3.24 Å². The number of hydrogen-bond donors (Lipinski definition) is 0. The third-order valence-electron chi connectivity index (χ3n) is 4.61. The number of hydrogen-bond acceptors (Lipinski definition) is 2. The van der Waals surface area contributed by atoms with Crippen LogP contribution in [0.3, 0.4) is 0 Å². The minimum absolute atomic E-state index is 0.832. The first-order valence-corrected chi connectivity index (χ1v) is 7.94. The number of fused-ring (bicyclic) bond motifs is 1. The van der Waals surface area contributed by atoms with E-state index in [0.717, 1.165) is 18.1 Å². The van der Waals surface area contributed by atoms with Crippen molar-refractivity contribution in [3.63, 3.8) is 0 Å². The third kappa shape index (κ3) is 2.17. The molecule has 0 N–H and O–H groups in total. The fourth-order valence-electron chi connectivity index (χ4n) is 3.74. The van der Waals surface area contributed by atoms with E-state index in [0.29, 0.717) is 0 Å². The lowest BCUT2D eigenvalue weighted by molar-refractivity contribution is 0.191. The molecule has 3 rings (SSSR count). The molecular formula is C15H23NS. The van der Waals surface area contributed by atoms with Gasteiger partial charge < -0.3 is 0 Å². The smallest absolute Gasteiger partial charge is 0.0150 e. The normalized spacial score (nSPS) is 33.2. The van der Waals surface area contributed by atoms with Crippen LogP contribution < -0.4 is 0 Å². The van der Waals surface area contributed by atoms with Crippen LogP contribution >= 0.6 is 11.3 Å². The van der Waals surface area contributed by atoms with Crippen molar-refractivity contribution in [2.45, 2.75) is 70.5 Å². The van der Waals surface area contributed by atoms with Crippen LogP contribution in [0.2, 0.25) is 0 Å². The highest BCUT2D eigenvalue weighted by Gasteiger charge is 2.40. The van der Waals surface area contributed by atoms with Crippen molar-refractivity contribution in [3.8, 4) is 0 Å². The average molecular weight is 249 g/mol. The van der Waals surface area contributed by atoms with E-state index in [-0.39, 0.29) is 0 Å². The summed E-state index contributed by atoms with van der Waals surface area (Å²) in [6.45, 7) is 4.67. The summed E-state index contributed by atoms with van der Waals surface area (Å²) in [6, 6.07) is 7.26. The fourth-order valence-corrected chi connectivity index (χ4v) is 4.77. The molecule has 94 valence electrons. The van der Waals surface area contributed by atoms with Crippen LogP contribution in [0.5, 0.6) is 0 Å². The van der Waals surface area contributed by atoms with E-state index in [9.17, 15) is 0 Å². The van der Waals surface area contributed by atoms with E-state index in [2.05, 4.69) is 30.9 Å². The van der Waals surface area contributed by atoms with Crippen molar-refractivity contribution in [1.29, 1.82) is 0 Å². The molecule has 1 aromatic rings. The highest BCUT2D eigenvalue weighted by atomic mass is 32.1. The molecule has 0 aliphatic carbocycles. The molecule has 0 spiro atoms. The van der Waals surface area contributed by atoms with Gasteiger partial charge in [0.05, 0.1) is 0 Å². The number of nitrogens with zero attached hydrogens (tertiary/aromatic N) is 1. The lowest BCUT2D eigenvalue weighted by atomic mass is 10.1. The van der Waals surface area contributed by atoms with Crippen molar-refractivity contribution < 1.29 is 0 Å². The monoisotopic (exact) mass is 249 g/mol. The molecule has 0 aromatic carbocycles. The molecule has 2 aliphatic heterocycles. The Balaban J connectivity index is 1.69. The zero-order chi connectivity index (χ0) is 11.8. The van der Waals surface area contributed by atoms with Gasteiger partial charge in [-0.25, -0.2) is 0 Å². The molecule has 2 aliphatic rings. The zero-order valence-electron chi connectivity index (χ0n) is 11.0. The molecule has 0 radical (unpaired) electrons. The molecule has 0 amide bonds. The van der Waals surface area contributed by atoms with Crippen LogP contribution in [0.4, 0.5) is 0 Å². The van der Waals surface area contributed by atoms with Gasteiger partial charge >= 0.3 is 0 Å². The zero-order valence-corrected chi connectivity index (χ0v) is 11.8. The van der Waals surface area contributed by atoms with Crippen LogP contribution in [0.25, 0.3) is 0 Å². The number of aryl methyl sites for hydroxylation is 1. The largest absolute Gasteiger partial charge is 0.294 e. The standard InChI is InChI=1S/C15H23NS/c1-3-14-8-9-15(17-14)10-13-7-6-12-5-4-11(2)16(12)13/h8-9,11-13H,3-7,10H2,1-2H3/t11-,12+,13-/m1/s1. The summed E-state index contributed by atoms with van der Waals surface area (Å²) in [7, 11) is 0. The Morgan fingerprint density at radius 2 is 1.94 bits per heavy atom. The SMILES string of the molecule is CCc1ccc(C[C@H]2CC[C@@H]3CC[C@@H](C)N32)s1. The van der Waals surface area contributed by atoms with Gasteiger partial charge in [0, 0.05) is 27.9 Å². The van der Waals surface area contributed by atoms with Gasteiger partial charge in [-0.05, 0) is 57.6 Å². The van der Waals surface area contributed by atoms with Gasteiger partial charge in [0.15, 0.2) is 0 Å². The second-order valence-electron chi connectivity index (χ2n) is 5.68. The summed E-state index contributed by atoms with van der Waals surface area (Å²) in [6.07, 6.45) is 8.23. The maximum Gasteiger partial charge on any atom is 0.0150 e. The predicted octanol–water partition coefficient (Wildman–Crippen LogP) is 3.87. The van der Waals surface area contributed by atoms with Crippen LogP contribution in [0, 0.1) is 0 Å². The molecule has 2 heteroatoms. The molecule has 2 fully saturated rings. The average Bonchev–Trinajstić information content (AvgIpc) is 2.99. The van der Waals surface area contributed by atoms with Gasteiger partial charge in [0.25, 0.3) is 0 Å². The van der Waals surface area contributed by atoms with Gasteiger partial charge in [-0.2, -0.15) is 0 Å². The number of rotatable bonds is 3. The molecule has 1 aromatic heterocycles. The lowest BCUT2D eigenvalue weighted by Gasteiger charge is -2.28. The summed E-state index contributed by atoms with van der Waals surface area (Å²) >= 11 is 2.03. The van der Waals surface area contributed by atoms with E-state index in [1.807, 2.05) is 11.3 Å². The molecule has 0 bridgehead atoms. The second kappa shape index (κ2) is 4.74. The minimum Gasteiger partial charge on any atom is -0.294 e. The highest BCUT2D eigenvalue weighted by Crippen LogP contribution is 2.38. The first kappa shape index (κ1) is 11.7. The highest BCUT2D eigenvalue weighted by molar-refractivity contribution is 7.11. The van der Waals surface area contributed by atoms with Crippen molar-refractivity contribution in [2.75, 3.05) is 0 Å². The van der Waals surface area contributed by atoms with Crippen molar-refractivity contribution >= 4 is 11.3 Å². The molecule has 2 saturated heterocycles. The van der Waals surface area contributed by atoms with E-state index in [1.54, 1.807) is 9.75 Å². The van der Waals surface area contributed by atoms with Gasteiger partial charge in [-0.3, -0.25) is 4.90 Å². The molecule has 0 saturated carbocycles. The van der Waals surface area contributed by atoms with Crippen LogP contribution in [-0.2, 0) is 12.8 Å². The first-order chi connectivity index (χ1) is 8.28. The summed E-state index contributed by atoms with van der Waals surface area (Å²) in [5.41, 5.74) is 0. The Morgan fingerprint density at radius 1 is 1.18 bits per heavy atom. The fraction of sp³-hybridized carbons (Fsp3) is 0.733. The molecular weight excluding hydrogens is 226 g/mol. The minimum atomic E-state index is 0.832. The van der Waals surface area contributed by atoms with Crippen LogP contribution in [-0.4, -0.2) is 23.0 Å². The Hall–Kier alpha value is -0.340. The van der Waals surface area contributed by atoms with Crippen LogP contribution in [0.1, 0.15) is 49.3 Å². The maximum atomic E-state index is 2.82. The van der Waals surface area contributed by atoms with E-state index >= 15 is 0 Å². The van der Waals surface area contributed by atoms with Gasteiger partial charge in [-0.15, -0.1) is 11.3 Å². The first-order valence-electron chi connectivity index (χ1n) is 7.13. The Bertz CT molecular complexity index is 384. The van der Waals surface area contributed by atoms with Crippen LogP contribution in [0.15, 0.2) is 12.1 Å². The Morgan fingerprint density at radius 3 is 2.71 bits per heavy atom.